The zero-order valence-corrected chi connectivity index (χ0v) is 5.66. The molecule has 6 nitrogen and oxygen atoms in total. The number of nitriles is 1. The highest BCUT2D eigenvalue weighted by Crippen LogP contribution is 1.74. The van der Waals surface area contributed by atoms with Crippen LogP contribution in [0.1, 0.15) is 6.42 Å². The van der Waals surface area contributed by atoms with Crippen molar-refractivity contribution < 1.29 is 14.4 Å². The van der Waals surface area contributed by atoms with Crippen LogP contribution < -0.4 is 11.2 Å². The molecule has 60 valence electrons. The first-order valence-electron chi connectivity index (χ1n) is 2.72. The second kappa shape index (κ2) is 5.20. The lowest BCUT2D eigenvalue weighted by Gasteiger charge is -1.99. The van der Waals surface area contributed by atoms with Crippen molar-refractivity contribution in [3.8, 4) is 6.07 Å². The summed E-state index contributed by atoms with van der Waals surface area (Å²) in [5.41, 5.74) is 6.53. The summed E-state index contributed by atoms with van der Waals surface area (Å²) in [7, 11) is 0. The van der Waals surface area contributed by atoms with Gasteiger partial charge in [-0.3, -0.25) is 14.4 Å². The van der Waals surface area contributed by atoms with Gasteiger partial charge in [0, 0.05) is 0 Å². The molecule has 0 atom stereocenters. The summed E-state index contributed by atoms with van der Waals surface area (Å²) in [6, 6.07) is 1.60. The highest BCUT2D eigenvalue weighted by molar-refractivity contribution is 5.78. The number of nitrogens with two attached hydrogens (primary N) is 1. The van der Waals surface area contributed by atoms with E-state index in [-0.39, 0.29) is 6.42 Å². The van der Waals surface area contributed by atoms with Crippen LogP contribution in [0.25, 0.3) is 0 Å². The number of amides is 2. The quantitative estimate of drug-likeness (QED) is 0.481. The molecule has 11 heavy (non-hydrogen) atoms. The van der Waals surface area contributed by atoms with Gasteiger partial charge in [0.2, 0.25) is 5.91 Å². The SMILES string of the molecule is N#CCC(=O)NOCC(N)=O. The van der Waals surface area contributed by atoms with Gasteiger partial charge in [-0.15, -0.1) is 0 Å². The van der Waals surface area contributed by atoms with Crippen LogP contribution in [0.5, 0.6) is 0 Å². The standard InChI is InChI=1S/C5H7N3O3/c6-2-1-5(10)8-11-3-4(7)9/h1,3H2,(H2,7,9)(H,8,10). The zero-order chi connectivity index (χ0) is 8.69. The Labute approximate surface area is 62.9 Å². The van der Waals surface area contributed by atoms with Crippen LogP contribution in [0.4, 0.5) is 0 Å². The van der Waals surface area contributed by atoms with Gasteiger partial charge in [-0.1, -0.05) is 0 Å². The van der Waals surface area contributed by atoms with Gasteiger partial charge < -0.3 is 5.73 Å². The van der Waals surface area contributed by atoms with Gasteiger partial charge in [0.15, 0.2) is 6.61 Å². The van der Waals surface area contributed by atoms with E-state index in [1.165, 1.54) is 0 Å². The number of nitrogens with one attached hydrogen (secondary N) is 1. The molecule has 0 aromatic heterocycles. The van der Waals surface area contributed by atoms with E-state index in [0.717, 1.165) is 0 Å². The largest absolute Gasteiger partial charge is 0.368 e. The Morgan fingerprint density at radius 3 is 2.73 bits per heavy atom. The fourth-order valence-corrected chi connectivity index (χ4v) is 0.296. The topological polar surface area (TPSA) is 105 Å². The first-order valence-corrected chi connectivity index (χ1v) is 2.72. The van der Waals surface area contributed by atoms with E-state index in [2.05, 4.69) is 10.6 Å². The van der Waals surface area contributed by atoms with Crippen molar-refractivity contribution >= 4 is 11.8 Å². The average molecular weight is 157 g/mol. The van der Waals surface area contributed by atoms with Gasteiger partial charge in [-0.05, 0) is 0 Å². The first kappa shape index (κ1) is 9.39. The van der Waals surface area contributed by atoms with Crippen LogP contribution >= 0.6 is 0 Å². The van der Waals surface area contributed by atoms with Crippen LogP contribution in [-0.4, -0.2) is 18.4 Å². The number of primary amides is 1. The van der Waals surface area contributed by atoms with Crippen LogP contribution in [0.2, 0.25) is 0 Å². The number of rotatable bonds is 4. The Bertz CT molecular complexity index is 196. The molecule has 0 radical (unpaired) electrons. The molecule has 0 bridgehead atoms. The number of nitrogens with zero attached hydrogens (tertiary/aromatic N) is 1. The molecule has 3 N–H and O–H groups in total. The molecule has 0 heterocycles. The van der Waals surface area contributed by atoms with Gasteiger partial charge in [0.1, 0.15) is 6.42 Å². The van der Waals surface area contributed by atoms with E-state index >= 15 is 0 Å². The molecule has 0 saturated carbocycles. The number of hydroxylamine groups is 1. The minimum absolute atomic E-state index is 0.307. The number of carbonyl (C=O) groups is 2. The normalized spacial score (nSPS) is 8.27. The lowest BCUT2D eigenvalue weighted by atomic mass is 10.5. The van der Waals surface area contributed by atoms with Gasteiger partial charge in [0.25, 0.3) is 5.91 Å². The lowest BCUT2D eigenvalue weighted by molar-refractivity contribution is -0.137. The Balaban J connectivity index is 3.33. The molecule has 0 unspecified atom stereocenters. The van der Waals surface area contributed by atoms with E-state index in [1.807, 2.05) is 5.48 Å². The van der Waals surface area contributed by atoms with E-state index in [4.69, 9.17) is 5.26 Å². The monoisotopic (exact) mass is 157 g/mol. The molecule has 0 fully saturated rings. The second-order valence-electron chi connectivity index (χ2n) is 1.62. The Hall–Kier alpha value is -1.61. The summed E-state index contributed by atoms with van der Waals surface area (Å²) in [6.07, 6.45) is -0.307. The van der Waals surface area contributed by atoms with E-state index < -0.39 is 18.4 Å². The molecule has 2 amide bonds. The third-order valence-electron chi connectivity index (χ3n) is 0.640. The first-order chi connectivity index (χ1) is 5.16. The third kappa shape index (κ3) is 6.27. The summed E-state index contributed by atoms with van der Waals surface area (Å²) in [6.45, 7) is -0.392. The van der Waals surface area contributed by atoms with Gasteiger partial charge in [-0.2, -0.15) is 5.26 Å². The maximum atomic E-state index is 10.4. The Morgan fingerprint density at radius 1 is 1.64 bits per heavy atom. The van der Waals surface area contributed by atoms with E-state index in [0.29, 0.717) is 0 Å². The molecule has 0 spiro atoms. The Kier molecular flexibility index (Phi) is 4.44. The van der Waals surface area contributed by atoms with Gasteiger partial charge in [-0.25, -0.2) is 5.48 Å². The average Bonchev–Trinajstić information content (AvgIpc) is 1.87. The number of hydrogen-bond acceptors (Lipinski definition) is 4. The summed E-state index contributed by atoms with van der Waals surface area (Å²) in [5.74, 6) is -1.30. The summed E-state index contributed by atoms with van der Waals surface area (Å²) in [5, 5.41) is 7.99. The Morgan fingerprint density at radius 2 is 2.27 bits per heavy atom. The fourth-order valence-electron chi connectivity index (χ4n) is 0.296. The molecule has 0 aliphatic rings. The zero-order valence-electron chi connectivity index (χ0n) is 5.66. The molecule has 0 saturated heterocycles. The van der Waals surface area contributed by atoms with Crippen LogP contribution in [0, 0.1) is 11.3 Å². The lowest BCUT2D eigenvalue weighted by Crippen LogP contribution is -2.28. The van der Waals surface area contributed by atoms with Gasteiger partial charge >= 0.3 is 0 Å². The molecule has 0 aliphatic heterocycles. The molecular weight excluding hydrogens is 150 g/mol. The smallest absolute Gasteiger partial charge is 0.257 e. The van der Waals surface area contributed by atoms with Crippen molar-refractivity contribution in [3.63, 3.8) is 0 Å². The molecule has 0 rings (SSSR count). The molecular formula is C5H7N3O3. The van der Waals surface area contributed by atoms with Crippen molar-refractivity contribution in [1.82, 2.24) is 5.48 Å². The van der Waals surface area contributed by atoms with Gasteiger partial charge in [0.05, 0.1) is 6.07 Å². The van der Waals surface area contributed by atoms with E-state index in [9.17, 15) is 9.59 Å². The molecule has 6 heteroatoms. The highest BCUT2D eigenvalue weighted by Gasteiger charge is 1.99. The summed E-state index contributed by atoms with van der Waals surface area (Å²) in [4.78, 5) is 24.7. The fraction of sp³-hybridized carbons (Fsp3) is 0.400. The predicted octanol–water partition coefficient (Wildman–Crippen LogP) is -1.57. The van der Waals surface area contributed by atoms with E-state index in [1.54, 1.807) is 6.07 Å². The molecule has 0 aromatic carbocycles. The van der Waals surface area contributed by atoms with Crippen LogP contribution in [-0.2, 0) is 14.4 Å². The summed E-state index contributed by atoms with van der Waals surface area (Å²) >= 11 is 0. The predicted molar refractivity (Wildman–Crippen MR) is 33.5 cm³/mol. The van der Waals surface area contributed by atoms with Crippen LogP contribution in [0.15, 0.2) is 0 Å². The number of carbonyl (C=O) groups excluding carboxylic acids is 2. The number of hydrogen-bond donors (Lipinski definition) is 2. The maximum absolute atomic E-state index is 10.4. The molecule has 0 aliphatic carbocycles. The summed E-state index contributed by atoms with van der Waals surface area (Å²) < 4.78 is 0. The third-order valence-corrected chi connectivity index (χ3v) is 0.640. The van der Waals surface area contributed by atoms with Crippen molar-refractivity contribution in [1.29, 1.82) is 5.26 Å². The van der Waals surface area contributed by atoms with Crippen molar-refractivity contribution in [2.75, 3.05) is 6.61 Å². The molecule has 0 aromatic rings. The highest BCUT2D eigenvalue weighted by atomic mass is 16.7. The van der Waals surface area contributed by atoms with Crippen LogP contribution in [0.3, 0.4) is 0 Å². The minimum Gasteiger partial charge on any atom is -0.368 e. The minimum atomic E-state index is -0.692. The van der Waals surface area contributed by atoms with Crippen molar-refractivity contribution in [2.24, 2.45) is 5.73 Å². The van der Waals surface area contributed by atoms with Crippen molar-refractivity contribution in [2.45, 2.75) is 6.42 Å². The van der Waals surface area contributed by atoms with Crippen molar-refractivity contribution in [3.05, 3.63) is 0 Å². The second-order valence-corrected chi connectivity index (χ2v) is 1.62. The maximum Gasteiger partial charge on any atom is 0.257 e.